The van der Waals surface area contributed by atoms with Crippen molar-refractivity contribution >= 4 is 27.6 Å². The third-order valence-electron chi connectivity index (χ3n) is 7.83. The molecule has 8 nitrogen and oxygen atoms in total. The van der Waals surface area contributed by atoms with E-state index in [4.69, 9.17) is 4.74 Å². The number of ether oxygens (including phenoxy) is 1. The second kappa shape index (κ2) is 10.4. The summed E-state index contributed by atoms with van der Waals surface area (Å²) in [7, 11) is -4.05. The smallest absolute Gasteiger partial charge is 0.333 e. The number of urea groups is 1. The second-order valence-electron chi connectivity index (χ2n) is 10.3. The summed E-state index contributed by atoms with van der Waals surface area (Å²) in [5, 5.41) is 5.77. The predicted molar refractivity (Wildman–Crippen MR) is 148 cm³/mol. The van der Waals surface area contributed by atoms with E-state index >= 15 is 0 Å². The van der Waals surface area contributed by atoms with Crippen molar-refractivity contribution in [3.05, 3.63) is 87.5 Å². The third-order valence-corrected chi connectivity index (χ3v) is 9.18. The van der Waals surface area contributed by atoms with Crippen LogP contribution in [0.1, 0.15) is 56.6 Å². The molecular weight excluding hydrogens is 514 g/mol. The van der Waals surface area contributed by atoms with E-state index in [0.29, 0.717) is 30.9 Å². The fourth-order valence-corrected chi connectivity index (χ4v) is 6.84. The van der Waals surface area contributed by atoms with Crippen molar-refractivity contribution in [1.29, 1.82) is 0 Å². The summed E-state index contributed by atoms with van der Waals surface area (Å²) in [4.78, 5) is 25.4. The summed E-state index contributed by atoms with van der Waals surface area (Å²) < 4.78 is 33.6. The molecule has 1 aliphatic heterocycles. The number of rotatable bonds is 7. The number of nitrogens with one attached hydrogen (secondary N) is 3. The first-order valence-electron chi connectivity index (χ1n) is 13.5. The maximum absolute atomic E-state index is 12.9. The minimum atomic E-state index is -4.05. The van der Waals surface area contributed by atoms with Crippen LogP contribution in [0.3, 0.4) is 0 Å². The molecule has 0 fully saturated rings. The van der Waals surface area contributed by atoms with E-state index in [1.165, 1.54) is 23.3 Å². The van der Waals surface area contributed by atoms with Gasteiger partial charge in [0.05, 0.1) is 17.1 Å². The first-order valence-corrected chi connectivity index (χ1v) is 15.0. The van der Waals surface area contributed by atoms with E-state index in [2.05, 4.69) is 21.4 Å². The lowest BCUT2D eigenvalue weighted by Crippen LogP contribution is -2.35. The molecule has 0 bridgehead atoms. The van der Waals surface area contributed by atoms with Crippen LogP contribution in [0.25, 0.3) is 0 Å². The van der Waals surface area contributed by atoms with Gasteiger partial charge >= 0.3 is 6.03 Å². The number of benzene rings is 3. The lowest BCUT2D eigenvalue weighted by Gasteiger charge is -2.16. The molecule has 3 amide bonds. The molecule has 0 saturated heterocycles. The lowest BCUT2D eigenvalue weighted by atomic mass is 9.99. The molecule has 0 spiro atoms. The Hall–Kier alpha value is -3.85. The van der Waals surface area contributed by atoms with Crippen molar-refractivity contribution in [2.45, 2.75) is 56.3 Å². The Kier molecular flexibility index (Phi) is 6.76. The standard InChI is InChI=1S/C30H31N3O5S/c34-29(26-9-1-4-20-15-17-38-28(20)26)31-16-14-19-10-12-23(13-11-19)39(36,37)33-30(35)32-27-24-7-2-5-21(24)18-22-6-3-8-25(22)27/h1,4,9-13,18H,2-3,5-8,14-17H2,(H,31,34)(H2,32,33,35). The van der Waals surface area contributed by atoms with Gasteiger partial charge in [0, 0.05) is 18.7 Å². The molecule has 3 aliphatic rings. The molecule has 3 aromatic carbocycles. The van der Waals surface area contributed by atoms with Crippen molar-refractivity contribution < 1.29 is 22.7 Å². The van der Waals surface area contributed by atoms with Gasteiger partial charge in [0.25, 0.3) is 15.9 Å². The predicted octanol–water partition coefficient (Wildman–Crippen LogP) is 4.08. The first kappa shape index (κ1) is 25.4. The van der Waals surface area contributed by atoms with E-state index in [1.807, 2.05) is 12.1 Å². The highest BCUT2D eigenvalue weighted by Crippen LogP contribution is 2.38. The first-order chi connectivity index (χ1) is 18.9. The van der Waals surface area contributed by atoms with Gasteiger partial charge in [-0.2, -0.15) is 0 Å². The van der Waals surface area contributed by atoms with Gasteiger partial charge in [-0.15, -0.1) is 0 Å². The van der Waals surface area contributed by atoms with Crippen LogP contribution < -0.4 is 20.1 Å². The fourth-order valence-electron chi connectivity index (χ4n) is 5.93. The van der Waals surface area contributed by atoms with Crippen LogP contribution in [0.5, 0.6) is 5.75 Å². The van der Waals surface area contributed by atoms with Crippen LogP contribution in [0.15, 0.2) is 53.4 Å². The van der Waals surface area contributed by atoms with Gasteiger partial charge < -0.3 is 15.4 Å². The third kappa shape index (κ3) is 5.11. The van der Waals surface area contributed by atoms with Gasteiger partial charge in [0.2, 0.25) is 0 Å². The number of hydrogen-bond acceptors (Lipinski definition) is 5. The van der Waals surface area contributed by atoms with Crippen LogP contribution in [0, 0.1) is 0 Å². The highest BCUT2D eigenvalue weighted by Gasteiger charge is 2.26. The molecule has 0 unspecified atom stereocenters. The van der Waals surface area contributed by atoms with Gasteiger partial charge in [-0.05, 0) is 96.5 Å². The van der Waals surface area contributed by atoms with Gasteiger partial charge in [-0.1, -0.05) is 30.3 Å². The van der Waals surface area contributed by atoms with Crippen molar-refractivity contribution in [2.75, 3.05) is 18.5 Å². The van der Waals surface area contributed by atoms with E-state index < -0.39 is 16.1 Å². The number of anilines is 1. The normalized spacial score (nSPS) is 15.2. The molecule has 2 aliphatic carbocycles. The van der Waals surface area contributed by atoms with E-state index in [1.54, 1.807) is 18.2 Å². The van der Waals surface area contributed by atoms with Gasteiger partial charge in [-0.3, -0.25) is 4.79 Å². The number of hydrogen-bond donors (Lipinski definition) is 3. The summed E-state index contributed by atoms with van der Waals surface area (Å²) in [6.45, 7) is 0.975. The Bertz CT molecular complexity index is 1530. The second-order valence-corrected chi connectivity index (χ2v) is 12.0. The minimum absolute atomic E-state index is 0.00551. The van der Waals surface area contributed by atoms with Gasteiger partial charge in [0.15, 0.2) is 0 Å². The van der Waals surface area contributed by atoms with Crippen LogP contribution in [0.4, 0.5) is 10.5 Å². The van der Waals surface area contributed by atoms with E-state index in [9.17, 15) is 18.0 Å². The molecule has 6 rings (SSSR count). The molecule has 9 heteroatoms. The van der Waals surface area contributed by atoms with Crippen molar-refractivity contribution in [2.24, 2.45) is 0 Å². The molecule has 0 saturated carbocycles. The molecule has 3 N–H and O–H groups in total. The Morgan fingerprint density at radius 1 is 0.846 bits per heavy atom. The summed E-state index contributed by atoms with van der Waals surface area (Å²) >= 11 is 0. The quantitative estimate of drug-likeness (QED) is 0.414. The maximum Gasteiger partial charge on any atom is 0.333 e. The average molecular weight is 546 g/mol. The number of amides is 3. The largest absolute Gasteiger partial charge is 0.492 e. The summed E-state index contributed by atoms with van der Waals surface area (Å²) in [6, 6.07) is 13.4. The van der Waals surface area contributed by atoms with Crippen LogP contribution >= 0.6 is 0 Å². The number of carbonyl (C=O) groups excluding carboxylic acids is 2. The highest BCUT2D eigenvalue weighted by molar-refractivity contribution is 7.90. The van der Waals surface area contributed by atoms with Crippen molar-refractivity contribution in [1.82, 2.24) is 10.0 Å². The zero-order valence-electron chi connectivity index (χ0n) is 21.6. The Labute approximate surface area is 228 Å². The number of para-hydroxylation sites is 1. The van der Waals surface area contributed by atoms with Crippen molar-refractivity contribution in [3.63, 3.8) is 0 Å². The molecule has 3 aromatic rings. The molecule has 0 radical (unpaired) electrons. The van der Waals surface area contributed by atoms with Gasteiger partial charge in [0.1, 0.15) is 5.75 Å². The van der Waals surface area contributed by atoms with Crippen molar-refractivity contribution in [3.8, 4) is 5.75 Å². The monoisotopic (exact) mass is 545 g/mol. The molecule has 0 atom stereocenters. The average Bonchev–Trinajstić information content (AvgIpc) is 3.69. The lowest BCUT2D eigenvalue weighted by molar-refractivity contribution is 0.0951. The van der Waals surface area contributed by atoms with Crippen LogP contribution in [0.2, 0.25) is 0 Å². The van der Waals surface area contributed by atoms with E-state index in [-0.39, 0.29) is 10.8 Å². The van der Waals surface area contributed by atoms with Crippen LogP contribution in [-0.2, 0) is 48.5 Å². The summed E-state index contributed by atoms with van der Waals surface area (Å²) in [5.41, 5.74) is 8.05. The highest BCUT2D eigenvalue weighted by atomic mass is 32.2. The molecule has 1 heterocycles. The van der Waals surface area contributed by atoms with Crippen LogP contribution in [-0.4, -0.2) is 33.5 Å². The molecule has 0 aromatic heterocycles. The zero-order chi connectivity index (χ0) is 27.0. The summed E-state index contributed by atoms with van der Waals surface area (Å²) in [6.07, 6.45) is 7.21. The Morgan fingerprint density at radius 3 is 2.28 bits per heavy atom. The summed E-state index contributed by atoms with van der Waals surface area (Å²) in [5.74, 6) is 0.458. The maximum atomic E-state index is 12.9. The number of aryl methyl sites for hydroxylation is 2. The fraction of sp³-hybridized carbons (Fsp3) is 0.333. The zero-order valence-corrected chi connectivity index (χ0v) is 22.5. The molecular formula is C30H31N3O5S. The topological polar surface area (TPSA) is 114 Å². The Balaban J connectivity index is 1.06. The van der Waals surface area contributed by atoms with E-state index in [0.717, 1.165) is 72.9 Å². The molecule has 39 heavy (non-hydrogen) atoms. The number of carbonyl (C=O) groups is 2. The Morgan fingerprint density at radius 2 is 1.56 bits per heavy atom. The SMILES string of the molecule is O=C(Nc1c2c(cc3c1CCC3)CCC2)NS(=O)(=O)c1ccc(CCNC(=O)c2cccc3c2OCC3)cc1. The molecule has 202 valence electrons. The van der Waals surface area contributed by atoms with Gasteiger partial charge in [-0.25, -0.2) is 17.9 Å². The number of fused-ring (bicyclic) bond motifs is 3. The minimum Gasteiger partial charge on any atom is -0.492 e. The number of sulfonamides is 1.